The maximum Gasteiger partial charge on any atom is 0.325 e. The summed E-state index contributed by atoms with van der Waals surface area (Å²) >= 11 is 0. The van der Waals surface area contributed by atoms with Gasteiger partial charge in [0.2, 0.25) is 5.91 Å². The summed E-state index contributed by atoms with van der Waals surface area (Å²) in [5, 5.41) is 2.86. The Morgan fingerprint density at radius 3 is 2.62 bits per heavy atom. The molecule has 6 nitrogen and oxygen atoms in total. The van der Waals surface area contributed by atoms with Gasteiger partial charge in [-0.05, 0) is 30.4 Å². The number of imide groups is 1. The third-order valence-corrected chi connectivity index (χ3v) is 5.00. The van der Waals surface area contributed by atoms with Gasteiger partial charge in [-0.2, -0.15) is 0 Å². The van der Waals surface area contributed by atoms with Crippen LogP contribution in [0.1, 0.15) is 24.0 Å². The summed E-state index contributed by atoms with van der Waals surface area (Å²) < 4.78 is 0. The Kier molecular flexibility index (Phi) is 4.93. The third kappa shape index (κ3) is 2.92. The lowest BCUT2D eigenvalue weighted by atomic mass is 9.76. The van der Waals surface area contributed by atoms with Crippen LogP contribution in [0, 0.1) is 0 Å². The molecule has 1 aromatic carbocycles. The first-order chi connectivity index (χ1) is 12.5. The minimum Gasteiger partial charge on any atom is -0.334 e. The summed E-state index contributed by atoms with van der Waals surface area (Å²) in [4.78, 5) is 40.8. The van der Waals surface area contributed by atoms with Crippen molar-refractivity contribution in [2.75, 3.05) is 19.6 Å². The fourth-order valence-electron chi connectivity index (χ4n) is 3.78. The molecule has 26 heavy (non-hydrogen) atoms. The average Bonchev–Trinajstić information content (AvgIpc) is 2.87. The number of carbonyl (C=O) groups is 3. The predicted molar refractivity (Wildman–Crippen MR) is 98.3 cm³/mol. The predicted octanol–water partition coefficient (Wildman–Crippen LogP) is 1.97. The van der Waals surface area contributed by atoms with Crippen LogP contribution in [0.3, 0.4) is 0 Å². The van der Waals surface area contributed by atoms with E-state index >= 15 is 0 Å². The molecule has 0 unspecified atom stereocenters. The highest BCUT2D eigenvalue weighted by Gasteiger charge is 2.54. The number of aryl methyl sites for hydroxylation is 1. The zero-order chi connectivity index (χ0) is 18.7. The number of nitrogens with zero attached hydrogens (tertiary/aromatic N) is 2. The van der Waals surface area contributed by atoms with Crippen molar-refractivity contribution in [3.05, 3.63) is 60.7 Å². The summed E-state index contributed by atoms with van der Waals surface area (Å²) in [6, 6.07) is 7.16. The summed E-state index contributed by atoms with van der Waals surface area (Å²) in [5.74, 6) is -0.658. The van der Waals surface area contributed by atoms with Gasteiger partial charge in [-0.15, -0.1) is 13.2 Å². The first-order valence-corrected chi connectivity index (χ1v) is 8.75. The van der Waals surface area contributed by atoms with Gasteiger partial charge in [-0.25, -0.2) is 4.79 Å². The summed E-state index contributed by atoms with van der Waals surface area (Å²) in [6.07, 6.45) is 5.44. The number of hydrogen-bond acceptors (Lipinski definition) is 3. The molecule has 0 bridgehead atoms. The van der Waals surface area contributed by atoms with Crippen molar-refractivity contribution in [2.24, 2.45) is 0 Å². The third-order valence-electron chi connectivity index (χ3n) is 5.00. The van der Waals surface area contributed by atoms with Crippen molar-refractivity contribution in [1.29, 1.82) is 0 Å². The number of benzene rings is 1. The Labute approximate surface area is 153 Å². The van der Waals surface area contributed by atoms with Crippen LogP contribution in [-0.4, -0.2) is 47.3 Å². The number of nitrogens with one attached hydrogen (secondary N) is 1. The summed E-state index contributed by atoms with van der Waals surface area (Å²) in [7, 11) is 0. The second kappa shape index (κ2) is 7.15. The minimum atomic E-state index is -1.05. The van der Waals surface area contributed by atoms with E-state index in [4.69, 9.17) is 0 Å². The van der Waals surface area contributed by atoms with Crippen molar-refractivity contribution in [3.8, 4) is 0 Å². The molecule has 1 aromatic rings. The monoisotopic (exact) mass is 353 g/mol. The molecular formula is C20H23N3O3. The first kappa shape index (κ1) is 17.9. The SMILES string of the molecule is C=CCN(CC=C)C(=O)CN1C(=O)N[C@]2(CCCc3ccccc32)C1=O. The lowest BCUT2D eigenvalue weighted by Gasteiger charge is -2.33. The smallest absolute Gasteiger partial charge is 0.325 e. The fraction of sp³-hybridized carbons (Fsp3) is 0.350. The average molecular weight is 353 g/mol. The van der Waals surface area contributed by atoms with E-state index in [1.165, 1.54) is 4.90 Å². The summed E-state index contributed by atoms with van der Waals surface area (Å²) in [6.45, 7) is 7.65. The number of carbonyl (C=O) groups excluding carboxylic acids is 3. The van der Waals surface area contributed by atoms with Gasteiger partial charge >= 0.3 is 6.03 Å². The van der Waals surface area contributed by atoms with Gasteiger partial charge in [0.05, 0.1) is 0 Å². The van der Waals surface area contributed by atoms with Gasteiger partial charge in [0.25, 0.3) is 5.91 Å². The maximum absolute atomic E-state index is 13.2. The van der Waals surface area contributed by atoms with Crippen LogP contribution in [0.5, 0.6) is 0 Å². The molecule has 1 spiro atoms. The standard InChI is InChI=1S/C20H23N3O3/c1-3-12-22(13-4-2)17(24)14-23-18(25)20(21-19(23)26)11-7-9-15-8-5-6-10-16(15)20/h3-6,8,10H,1-2,7,9,11-14H2,(H,21,26)/t20-/m0/s1. The van der Waals surface area contributed by atoms with Crippen LogP contribution >= 0.6 is 0 Å². The number of rotatable bonds is 6. The highest BCUT2D eigenvalue weighted by atomic mass is 16.2. The molecule has 0 saturated carbocycles. The second-order valence-electron chi connectivity index (χ2n) is 6.61. The van der Waals surface area contributed by atoms with E-state index in [-0.39, 0.29) is 18.4 Å². The van der Waals surface area contributed by atoms with Gasteiger partial charge < -0.3 is 10.2 Å². The normalized spacial score (nSPS) is 21.3. The molecule has 2 aliphatic rings. The molecule has 1 heterocycles. The molecule has 3 rings (SSSR count). The molecule has 0 aromatic heterocycles. The number of amides is 4. The Morgan fingerprint density at radius 1 is 1.23 bits per heavy atom. The number of urea groups is 1. The van der Waals surface area contributed by atoms with E-state index in [2.05, 4.69) is 18.5 Å². The van der Waals surface area contributed by atoms with Gasteiger partial charge in [0.15, 0.2) is 0 Å². The van der Waals surface area contributed by atoms with Crippen molar-refractivity contribution >= 4 is 17.8 Å². The molecule has 0 radical (unpaired) electrons. The van der Waals surface area contributed by atoms with Crippen LogP contribution in [0.4, 0.5) is 4.79 Å². The molecule has 1 N–H and O–H groups in total. The lowest BCUT2D eigenvalue weighted by Crippen LogP contribution is -2.47. The molecule has 1 aliphatic carbocycles. The Hall–Kier alpha value is -2.89. The molecule has 136 valence electrons. The highest BCUT2D eigenvalue weighted by Crippen LogP contribution is 2.39. The van der Waals surface area contributed by atoms with Crippen LogP contribution in [-0.2, 0) is 21.5 Å². The zero-order valence-corrected chi connectivity index (χ0v) is 14.7. The minimum absolute atomic E-state index is 0.281. The molecule has 6 heteroatoms. The van der Waals surface area contributed by atoms with Gasteiger partial charge in [0.1, 0.15) is 12.1 Å². The molecular weight excluding hydrogens is 330 g/mol. The fourth-order valence-corrected chi connectivity index (χ4v) is 3.78. The van der Waals surface area contributed by atoms with Gasteiger partial charge in [-0.3, -0.25) is 14.5 Å². The van der Waals surface area contributed by atoms with Crippen molar-refractivity contribution in [2.45, 2.75) is 24.8 Å². The number of fused-ring (bicyclic) bond motifs is 2. The largest absolute Gasteiger partial charge is 0.334 e. The quantitative estimate of drug-likeness (QED) is 0.628. The number of hydrogen-bond donors (Lipinski definition) is 1. The maximum atomic E-state index is 13.2. The Balaban J connectivity index is 1.85. The van der Waals surface area contributed by atoms with E-state index in [9.17, 15) is 14.4 Å². The molecule has 1 aliphatic heterocycles. The van der Waals surface area contributed by atoms with Crippen LogP contribution < -0.4 is 5.32 Å². The second-order valence-corrected chi connectivity index (χ2v) is 6.61. The van der Waals surface area contributed by atoms with Crippen molar-refractivity contribution < 1.29 is 14.4 Å². The van der Waals surface area contributed by atoms with Crippen LogP contribution in [0.15, 0.2) is 49.6 Å². The highest BCUT2D eigenvalue weighted by molar-refractivity contribution is 6.09. The van der Waals surface area contributed by atoms with E-state index in [1.807, 2.05) is 24.3 Å². The zero-order valence-electron chi connectivity index (χ0n) is 14.7. The van der Waals surface area contributed by atoms with E-state index in [0.717, 1.165) is 28.9 Å². The molecule has 1 fully saturated rings. The van der Waals surface area contributed by atoms with Gasteiger partial charge in [-0.1, -0.05) is 36.4 Å². The van der Waals surface area contributed by atoms with Crippen molar-refractivity contribution in [1.82, 2.24) is 15.1 Å². The topological polar surface area (TPSA) is 69.7 Å². The Morgan fingerprint density at radius 2 is 1.92 bits per heavy atom. The molecule has 4 amide bonds. The van der Waals surface area contributed by atoms with E-state index in [0.29, 0.717) is 19.5 Å². The first-order valence-electron chi connectivity index (χ1n) is 8.75. The van der Waals surface area contributed by atoms with Gasteiger partial charge in [0, 0.05) is 13.1 Å². The molecule has 1 atom stereocenters. The van der Waals surface area contributed by atoms with Crippen molar-refractivity contribution in [3.63, 3.8) is 0 Å². The van der Waals surface area contributed by atoms with Crippen LogP contribution in [0.25, 0.3) is 0 Å². The van der Waals surface area contributed by atoms with E-state index in [1.54, 1.807) is 12.2 Å². The van der Waals surface area contributed by atoms with Crippen LogP contribution in [0.2, 0.25) is 0 Å². The lowest BCUT2D eigenvalue weighted by molar-refractivity contribution is -0.139. The van der Waals surface area contributed by atoms with E-state index < -0.39 is 11.6 Å². The summed E-state index contributed by atoms with van der Waals surface area (Å²) in [5.41, 5.74) is 0.864. The molecule has 1 saturated heterocycles. The Bertz CT molecular complexity index is 763.